The van der Waals surface area contributed by atoms with Gasteiger partial charge < -0.3 is 5.11 Å². The lowest BCUT2D eigenvalue weighted by atomic mass is 10.1. The van der Waals surface area contributed by atoms with Crippen LogP contribution in [0.3, 0.4) is 0 Å². The maximum atomic E-state index is 12.8. The zero-order valence-corrected chi connectivity index (χ0v) is 11.5. The number of anilines is 1. The molecule has 0 unspecified atom stereocenters. The molecule has 3 rings (SSSR count). The molecule has 23 heavy (non-hydrogen) atoms. The fraction of sp³-hybridized carbons (Fsp3) is 0.0667. The predicted octanol–water partition coefficient (Wildman–Crippen LogP) is 3.00. The molecular formula is C15H10F3N3O2. The second-order valence-corrected chi connectivity index (χ2v) is 4.79. The maximum absolute atomic E-state index is 12.8. The summed E-state index contributed by atoms with van der Waals surface area (Å²) < 4.78 is 39.2. The van der Waals surface area contributed by atoms with Crippen molar-refractivity contribution in [3.8, 4) is 5.88 Å². The highest BCUT2D eigenvalue weighted by Crippen LogP contribution is 2.33. The van der Waals surface area contributed by atoms with Gasteiger partial charge in [-0.05, 0) is 29.7 Å². The van der Waals surface area contributed by atoms with Gasteiger partial charge in [-0.2, -0.15) is 17.8 Å². The standard InChI is InChI=1S/C15H10F3N3O2/c16-15(17,18)10-2-1-9-7-13(22)21(14(23)12(9)8-10)20-11-3-5-19-6-4-11/h1-8,23H,(H,19,20). The lowest BCUT2D eigenvalue weighted by molar-refractivity contribution is -0.137. The second kappa shape index (κ2) is 5.31. The van der Waals surface area contributed by atoms with Gasteiger partial charge in [-0.3, -0.25) is 15.2 Å². The quantitative estimate of drug-likeness (QED) is 0.761. The Morgan fingerprint density at radius 3 is 2.43 bits per heavy atom. The van der Waals surface area contributed by atoms with Crippen molar-refractivity contribution in [1.82, 2.24) is 9.66 Å². The lowest BCUT2D eigenvalue weighted by Gasteiger charge is -2.14. The number of hydrogen-bond donors (Lipinski definition) is 2. The first-order valence-electron chi connectivity index (χ1n) is 6.49. The summed E-state index contributed by atoms with van der Waals surface area (Å²) in [7, 11) is 0. The molecule has 0 amide bonds. The van der Waals surface area contributed by atoms with Crippen molar-refractivity contribution in [2.75, 3.05) is 5.43 Å². The Kier molecular flexibility index (Phi) is 3.44. The van der Waals surface area contributed by atoms with Gasteiger partial charge in [0.1, 0.15) is 0 Å². The van der Waals surface area contributed by atoms with Crippen molar-refractivity contribution in [1.29, 1.82) is 0 Å². The number of benzene rings is 1. The summed E-state index contributed by atoms with van der Waals surface area (Å²) in [5.74, 6) is -0.601. The van der Waals surface area contributed by atoms with E-state index >= 15 is 0 Å². The third kappa shape index (κ3) is 2.83. The molecule has 0 bridgehead atoms. The molecule has 2 heterocycles. The first-order valence-corrected chi connectivity index (χ1v) is 6.49. The molecule has 118 valence electrons. The average Bonchev–Trinajstić information content (AvgIpc) is 2.51. The molecule has 2 N–H and O–H groups in total. The largest absolute Gasteiger partial charge is 0.493 e. The zero-order chi connectivity index (χ0) is 16.6. The Morgan fingerprint density at radius 2 is 1.78 bits per heavy atom. The van der Waals surface area contributed by atoms with Gasteiger partial charge in [0, 0.05) is 23.8 Å². The van der Waals surface area contributed by atoms with Crippen LogP contribution in [0.4, 0.5) is 18.9 Å². The molecule has 8 heteroatoms. The maximum Gasteiger partial charge on any atom is 0.416 e. The monoisotopic (exact) mass is 321 g/mol. The summed E-state index contributed by atoms with van der Waals surface area (Å²) in [6, 6.07) is 7.04. The van der Waals surface area contributed by atoms with E-state index in [0.717, 1.165) is 28.9 Å². The number of rotatable bonds is 2. The Bertz CT molecular complexity index is 921. The van der Waals surface area contributed by atoms with Crippen molar-refractivity contribution in [3.05, 3.63) is 64.7 Å². The number of aromatic nitrogens is 2. The molecule has 0 fully saturated rings. The SMILES string of the molecule is O=c1cc2ccc(C(F)(F)F)cc2c(O)n1Nc1ccncc1. The molecule has 0 saturated carbocycles. The molecule has 0 aliphatic heterocycles. The molecular weight excluding hydrogens is 311 g/mol. The highest BCUT2D eigenvalue weighted by molar-refractivity contribution is 5.87. The molecule has 0 saturated heterocycles. The molecule has 0 aliphatic carbocycles. The van der Waals surface area contributed by atoms with Crippen LogP contribution in [0.1, 0.15) is 5.56 Å². The van der Waals surface area contributed by atoms with Gasteiger partial charge in [0.15, 0.2) is 0 Å². The van der Waals surface area contributed by atoms with E-state index in [4.69, 9.17) is 0 Å². The van der Waals surface area contributed by atoms with E-state index in [1.165, 1.54) is 12.4 Å². The van der Waals surface area contributed by atoms with E-state index in [2.05, 4.69) is 10.4 Å². The summed E-state index contributed by atoms with van der Waals surface area (Å²) in [5, 5.41) is 10.3. The molecule has 0 aliphatic rings. The summed E-state index contributed by atoms with van der Waals surface area (Å²) >= 11 is 0. The van der Waals surface area contributed by atoms with Crippen molar-refractivity contribution < 1.29 is 18.3 Å². The molecule has 1 aromatic carbocycles. The number of nitrogens with one attached hydrogen (secondary N) is 1. The third-order valence-corrected chi connectivity index (χ3v) is 3.25. The minimum Gasteiger partial charge on any atom is -0.493 e. The molecule has 0 spiro atoms. The predicted molar refractivity (Wildman–Crippen MR) is 78.1 cm³/mol. The number of alkyl halides is 3. The van der Waals surface area contributed by atoms with Gasteiger partial charge in [-0.1, -0.05) is 6.07 Å². The van der Waals surface area contributed by atoms with Crippen LogP contribution >= 0.6 is 0 Å². The van der Waals surface area contributed by atoms with Crippen LogP contribution in [0.2, 0.25) is 0 Å². The molecule has 0 radical (unpaired) electrons. The smallest absolute Gasteiger partial charge is 0.416 e. The number of fused-ring (bicyclic) bond motifs is 1. The van der Waals surface area contributed by atoms with Gasteiger partial charge in [0.25, 0.3) is 5.56 Å². The van der Waals surface area contributed by atoms with Crippen LogP contribution in [0.5, 0.6) is 5.88 Å². The fourth-order valence-electron chi connectivity index (χ4n) is 2.14. The van der Waals surface area contributed by atoms with Gasteiger partial charge in [-0.15, -0.1) is 0 Å². The van der Waals surface area contributed by atoms with E-state index in [-0.39, 0.29) is 10.8 Å². The Hall–Kier alpha value is -3.03. The zero-order valence-electron chi connectivity index (χ0n) is 11.5. The molecule has 2 aromatic heterocycles. The first kappa shape index (κ1) is 14.9. The van der Waals surface area contributed by atoms with Gasteiger partial charge in [0.05, 0.1) is 11.3 Å². The van der Waals surface area contributed by atoms with Crippen LogP contribution in [0.15, 0.2) is 53.6 Å². The van der Waals surface area contributed by atoms with Crippen molar-refractivity contribution in [2.24, 2.45) is 0 Å². The Balaban J connectivity index is 2.17. The molecule has 0 atom stereocenters. The van der Waals surface area contributed by atoms with Crippen molar-refractivity contribution >= 4 is 16.5 Å². The van der Waals surface area contributed by atoms with Crippen molar-refractivity contribution in [2.45, 2.75) is 6.18 Å². The lowest BCUT2D eigenvalue weighted by Crippen LogP contribution is -2.25. The number of nitrogens with zero attached hydrogens (tertiary/aromatic N) is 2. The van der Waals surface area contributed by atoms with Crippen LogP contribution in [0, 0.1) is 0 Å². The topological polar surface area (TPSA) is 67.2 Å². The summed E-state index contributed by atoms with van der Waals surface area (Å²) in [4.78, 5) is 15.8. The van der Waals surface area contributed by atoms with Gasteiger partial charge >= 0.3 is 6.18 Å². The number of hydrogen-bond acceptors (Lipinski definition) is 4. The average molecular weight is 321 g/mol. The molecule has 3 aromatic rings. The second-order valence-electron chi connectivity index (χ2n) is 4.79. The first-order chi connectivity index (χ1) is 10.9. The highest BCUT2D eigenvalue weighted by atomic mass is 19.4. The summed E-state index contributed by atoms with van der Waals surface area (Å²) in [5.41, 5.74) is 1.56. The number of halogens is 3. The Morgan fingerprint density at radius 1 is 1.09 bits per heavy atom. The van der Waals surface area contributed by atoms with Gasteiger partial charge in [-0.25, -0.2) is 0 Å². The Labute approximate surface area is 127 Å². The third-order valence-electron chi connectivity index (χ3n) is 3.25. The van der Waals surface area contributed by atoms with Crippen LogP contribution in [0.25, 0.3) is 10.8 Å². The number of aromatic hydroxyl groups is 1. The minimum absolute atomic E-state index is 0.0824. The van der Waals surface area contributed by atoms with Crippen molar-refractivity contribution in [3.63, 3.8) is 0 Å². The summed E-state index contributed by atoms with van der Waals surface area (Å²) in [6.45, 7) is 0. The van der Waals surface area contributed by atoms with Gasteiger partial charge in [0.2, 0.25) is 5.88 Å². The van der Waals surface area contributed by atoms with E-state index in [0.29, 0.717) is 5.69 Å². The van der Waals surface area contributed by atoms with E-state index in [1.807, 2.05) is 0 Å². The fourth-order valence-corrected chi connectivity index (χ4v) is 2.14. The van der Waals surface area contributed by atoms with Crippen LogP contribution in [-0.4, -0.2) is 14.8 Å². The highest BCUT2D eigenvalue weighted by Gasteiger charge is 2.31. The van der Waals surface area contributed by atoms with E-state index in [9.17, 15) is 23.1 Å². The normalized spacial score (nSPS) is 11.6. The number of pyridine rings is 2. The van der Waals surface area contributed by atoms with E-state index < -0.39 is 23.2 Å². The molecule has 5 nitrogen and oxygen atoms in total. The summed E-state index contributed by atoms with van der Waals surface area (Å²) in [6.07, 6.45) is -1.61. The van der Waals surface area contributed by atoms with Crippen LogP contribution in [-0.2, 0) is 6.18 Å². The minimum atomic E-state index is -4.54. The van der Waals surface area contributed by atoms with E-state index in [1.54, 1.807) is 12.1 Å². The van der Waals surface area contributed by atoms with Crippen LogP contribution < -0.4 is 11.0 Å².